The van der Waals surface area contributed by atoms with Gasteiger partial charge in [0.05, 0.1) is 0 Å². The highest BCUT2D eigenvalue weighted by Crippen LogP contribution is 2.26. The summed E-state index contributed by atoms with van der Waals surface area (Å²) in [5.41, 5.74) is 8.95. The molecular formula is C12H20ClNO. The molecule has 0 saturated heterocycles. The highest BCUT2D eigenvalue weighted by atomic mass is 35.5. The van der Waals surface area contributed by atoms with Gasteiger partial charge in [-0.25, -0.2) is 0 Å². The van der Waals surface area contributed by atoms with Crippen molar-refractivity contribution >= 4 is 12.4 Å². The Balaban J connectivity index is 0.00000196. The third kappa shape index (κ3) is 3.40. The van der Waals surface area contributed by atoms with E-state index in [0.717, 1.165) is 29.5 Å². The van der Waals surface area contributed by atoms with Gasteiger partial charge in [-0.2, -0.15) is 0 Å². The van der Waals surface area contributed by atoms with Crippen LogP contribution in [-0.2, 0) is 0 Å². The molecule has 0 fully saturated rings. The molecule has 0 heterocycles. The molecule has 0 aliphatic rings. The lowest BCUT2D eigenvalue weighted by Gasteiger charge is -2.13. The molecule has 0 saturated carbocycles. The van der Waals surface area contributed by atoms with Crippen LogP contribution in [0.4, 0.5) is 0 Å². The van der Waals surface area contributed by atoms with E-state index in [1.165, 1.54) is 0 Å². The van der Waals surface area contributed by atoms with Crippen molar-refractivity contribution in [2.45, 2.75) is 39.7 Å². The maximum absolute atomic E-state index is 9.60. The second kappa shape index (κ2) is 5.99. The van der Waals surface area contributed by atoms with Crippen LogP contribution in [0.3, 0.4) is 0 Å². The zero-order valence-corrected chi connectivity index (χ0v) is 10.4. The van der Waals surface area contributed by atoms with Gasteiger partial charge in [0.15, 0.2) is 0 Å². The van der Waals surface area contributed by atoms with Crippen LogP contribution >= 0.6 is 12.4 Å². The Morgan fingerprint density at radius 1 is 1.27 bits per heavy atom. The minimum Gasteiger partial charge on any atom is -0.507 e. The monoisotopic (exact) mass is 229 g/mol. The first-order valence-electron chi connectivity index (χ1n) is 5.12. The molecule has 0 aliphatic carbocycles. The first kappa shape index (κ1) is 14.3. The predicted octanol–water partition coefficient (Wildman–Crippen LogP) is 3.23. The highest BCUT2D eigenvalue weighted by molar-refractivity contribution is 5.85. The van der Waals surface area contributed by atoms with Gasteiger partial charge in [-0.15, -0.1) is 12.4 Å². The van der Waals surface area contributed by atoms with E-state index >= 15 is 0 Å². The summed E-state index contributed by atoms with van der Waals surface area (Å²) in [7, 11) is 0. The Labute approximate surface area is 97.9 Å². The van der Waals surface area contributed by atoms with Crippen LogP contribution in [0.15, 0.2) is 12.1 Å². The van der Waals surface area contributed by atoms with Crippen molar-refractivity contribution in [3.8, 4) is 5.75 Å². The Hall–Kier alpha value is -0.730. The first-order valence-corrected chi connectivity index (χ1v) is 5.12. The summed E-state index contributed by atoms with van der Waals surface area (Å²) in [5, 5.41) is 9.60. The molecule has 0 spiro atoms. The van der Waals surface area contributed by atoms with Crippen LogP contribution in [0.5, 0.6) is 5.75 Å². The third-order valence-electron chi connectivity index (χ3n) is 2.54. The van der Waals surface area contributed by atoms with Crippen LogP contribution in [0, 0.1) is 13.8 Å². The average Bonchev–Trinajstić information content (AvgIpc) is 2.13. The first-order chi connectivity index (χ1) is 6.56. The van der Waals surface area contributed by atoms with Crippen molar-refractivity contribution in [1.82, 2.24) is 0 Å². The fraction of sp³-hybridized carbons (Fsp3) is 0.500. The second-order valence-corrected chi connectivity index (χ2v) is 3.90. The molecule has 0 radical (unpaired) electrons. The molecule has 1 atom stereocenters. The van der Waals surface area contributed by atoms with Gasteiger partial charge < -0.3 is 10.8 Å². The molecule has 1 aromatic rings. The molecule has 1 aromatic carbocycles. The van der Waals surface area contributed by atoms with E-state index < -0.39 is 0 Å². The van der Waals surface area contributed by atoms with E-state index in [1.807, 2.05) is 26.0 Å². The number of rotatable bonds is 3. The Bertz CT molecular complexity index is 302. The number of nitrogens with two attached hydrogens (primary N) is 1. The summed E-state index contributed by atoms with van der Waals surface area (Å²) in [5.74, 6) is 0.387. The van der Waals surface area contributed by atoms with E-state index in [4.69, 9.17) is 5.73 Å². The maximum atomic E-state index is 9.60. The molecular weight excluding hydrogens is 210 g/mol. The number of hydrogen-bond donors (Lipinski definition) is 2. The Morgan fingerprint density at radius 3 is 2.13 bits per heavy atom. The Morgan fingerprint density at radius 2 is 1.73 bits per heavy atom. The lowest BCUT2D eigenvalue weighted by atomic mass is 9.98. The van der Waals surface area contributed by atoms with Gasteiger partial charge in [0.25, 0.3) is 0 Å². The SMILES string of the molecule is CCC[C@H](N)c1cc(C)c(O)c(C)c1.Cl. The quantitative estimate of drug-likeness (QED) is 0.836. The van der Waals surface area contributed by atoms with Gasteiger partial charge in [-0.05, 0) is 37.0 Å². The van der Waals surface area contributed by atoms with Crippen molar-refractivity contribution in [3.63, 3.8) is 0 Å². The number of aryl methyl sites for hydroxylation is 2. The molecule has 0 bridgehead atoms. The van der Waals surface area contributed by atoms with Gasteiger partial charge in [0.1, 0.15) is 5.75 Å². The van der Waals surface area contributed by atoms with Crippen molar-refractivity contribution in [3.05, 3.63) is 28.8 Å². The van der Waals surface area contributed by atoms with Crippen LogP contribution in [0.1, 0.15) is 42.5 Å². The van der Waals surface area contributed by atoms with Gasteiger partial charge in [-0.3, -0.25) is 0 Å². The summed E-state index contributed by atoms with van der Waals surface area (Å²) < 4.78 is 0. The molecule has 0 aromatic heterocycles. The number of benzene rings is 1. The molecule has 3 N–H and O–H groups in total. The van der Waals surface area contributed by atoms with Crippen LogP contribution in [0.2, 0.25) is 0 Å². The van der Waals surface area contributed by atoms with Crippen LogP contribution in [-0.4, -0.2) is 5.11 Å². The lowest BCUT2D eigenvalue weighted by Crippen LogP contribution is -2.10. The topological polar surface area (TPSA) is 46.2 Å². The lowest BCUT2D eigenvalue weighted by molar-refractivity contribution is 0.466. The summed E-state index contributed by atoms with van der Waals surface area (Å²) in [6.07, 6.45) is 2.07. The van der Waals surface area contributed by atoms with Crippen molar-refractivity contribution in [2.75, 3.05) is 0 Å². The van der Waals surface area contributed by atoms with Crippen molar-refractivity contribution < 1.29 is 5.11 Å². The molecule has 15 heavy (non-hydrogen) atoms. The smallest absolute Gasteiger partial charge is 0.121 e. The third-order valence-corrected chi connectivity index (χ3v) is 2.54. The molecule has 0 unspecified atom stereocenters. The molecule has 2 nitrogen and oxygen atoms in total. The molecule has 3 heteroatoms. The number of halogens is 1. The van der Waals surface area contributed by atoms with E-state index in [0.29, 0.717) is 5.75 Å². The molecule has 0 amide bonds. The van der Waals surface area contributed by atoms with Crippen molar-refractivity contribution in [1.29, 1.82) is 0 Å². The molecule has 0 aliphatic heterocycles. The fourth-order valence-electron chi connectivity index (χ4n) is 1.68. The summed E-state index contributed by atoms with van der Waals surface area (Å²) in [6, 6.07) is 4.05. The van der Waals surface area contributed by atoms with Gasteiger partial charge in [-0.1, -0.05) is 25.5 Å². The summed E-state index contributed by atoms with van der Waals surface area (Å²) >= 11 is 0. The van der Waals surface area contributed by atoms with E-state index in [-0.39, 0.29) is 18.4 Å². The van der Waals surface area contributed by atoms with E-state index in [9.17, 15) is 5.11 Å². The summed E-state index contributed by atoms with van der Waals surface area (Å²) in [4.78, 5) is 0. The standard InChI is InChI=1S/C12H19NO.ClH/c1-4-5-11(13)10-6-8(2)12(14)9(3)7-10;/h6-7,11,14H,4-5,13H2,1-3H3;1H/t11-;/m0./s1. The maximum Gasteiger partial charge on any atom is 0.121 e. The predicted molar refractivity (Wildman–Crippen MR) is 66.7 cm³/mol. The van der Waals surface area contributed by atoms with Crippen molar-refractivity contribution in [2.24, 2.45) is 5.73 Å². The number of phenols is 1. The molecule has 86 valence electrons. The number of hydrogen-bond acceptors (Lipinski definition) is 2. The zero-order valence-electron chi connectivity index (χ0n) is 9.58. The van der Waals surface area contributed by atoms with Gasteiger partial charge in [0, 0.05) is 6.04 Å². The number of aromatic hydroxyl groups is 1. The molecule has 1 rings (SSSR count). The normalized spacial score (nSPS) is 12.0. The van der Waals surface area contributed by atoms with E-state index in [2.05, 4.69) is 6.92 Å². The second-order valence-electron chi connectivity index (χ2n) is 3.90. The number of phenolic OH excluding ortho intramolecular Hbond substituents is 1. The highest BCUT2D eigenvalue weighted by Gasteiger charge is 2.08. The van der Waals surface area contributed by atoms with E-state index in [1.54, 1.807) is 0 Å². The van der Waals surface area contributed by atoms with Gasteiger partial charge in [0.2, 0.25) is 0 Å². The average molecular weight is 230 g/mol. The fourth-order valence-corrected chi connectivity index (χ4v) is 1.68. The largest absolute Gasteiger partial charge is 0.507 e. The minimum absolute atomic E-state index is 0. The zero-order chi connectivity index (χ0) is 10.7. The summed E-state index contributed by atoms with van der Waals surface area (Å²) in [6.45, 7) is 5.94. The minimum atomic E-state index is 0. The van der Waals surface area contributed by atoms with Gasteiger partial charge >= 0.3 is 0 Å². The Kier molecular flexibility index (Phi) is 5.69. The van der Waals surface area contributed by atoms with Crippen LogP contribution < -0.4 is 5.73 Å². The van der Waals surface area contributed by atoms with Crippen LogP contribution in [0.25, 0.3) is 0 Å².